The molecule has 0 radical (unpaired) electrons. The van der Waals surface area contributed by atoms with Crippen LogP contribution in [0.4, 0.5) is 0 Å². The zero-order chi connectivity index (χ0) is 15.8. The van der Waals surface area contributed by atoms with Gasteiger partial charge in [-0.2, -0.15) is 0 Å². The maximum Gasteiger partial charge on any atom is 0.246 e. The fraction of sp³-hybridized carbons (Fsp3) is 0.286. The Morgan fingerprint density at radius 1 is 1.10 bits per heavy atom. The molecule has 1 aromatic heterocycles. The van der Waals surface area contributed by atoms with Crippen LogP contribution in [0.1, 0.15) is 0 Å². The molecule has 0 saturated heterocycles. The Morgan fingerprint density at radius 3 is 2.00 bits per heavy atom. The molecule has 0 saturated carbocycles. The van der Waals surface area contributed by atoms with E-state index < -0.39 is 23.9 Å². The van der Waals surface area contributed by atoms with E-state index in [0.717, 1.165) is 6.20 Å². The molecule has 0 aliphatic rings. The molecule has 5 nitrogen and oxygen atoms in total. The first-order chi connectivity index (χ1) is 8.85. The van der Waals surface area contributed by atoms with Crippen LogP contribution in [-0.2, 0) is 20.9 Å². The molecule has 0 aliphatic carbocycles. The van der Waals surface area contributed by atoms with E-state index in [2.05, 4.69) is 101 Å². The van der Waals surface area contributed by atoms with Gasteiger partial charge in [0, 0.05) is 0 Å². The number of aromatic nitrogens is 1. The zero-order valence-electron chi connectivity index (χ0n) is 8.90. The number of hydrogen-bond acceptors (Lipinski definition) is 5. The molecule has 1 heterocycles. The average molecular weight is 709 g/mol. The Labute approximate surface area is 168 Å². The third-order valence-electron chi connectivity index (χ3n) is 1.65. The molecular formula is C7H3Br6NO4S2. The van der Waals surface area contributed by atoms with Gasteiger partial charge in [-0.25, -0.2) is 17.6 Å². The SMILES string of the molecule is O=S(Oc1ccc(S(=O)(=O)C(Br)(Br)Br)nc1)C(Br)(Br)Br. The largest absolute Gasteiger partial charge is 0.397 e. The van der Waals surface area contributed by atoms with Crippen molar-refractivity contribution in [2.45, 2.75) is 7.98 Å². The van der Waals surface area contributed by atoms with Gasteiger partial charge in [0.15, 0.2) is 10.8 Å². The highest BCUT2D eigenvalue weighted by molar-refractivity contribution is 9.42. The predicted molar refractivity (Wildman–Crippen MR) is 99.2 cm³/mol. The first kappa shape index (κ1) is 20.0. The highest BCUT2D eigenvalue weighted by Crippen LogP contribution is 2.43. The summed E-state index contributed by atoms with van der Waals surface area (Å²) in [6, 6.07) is 2.58. The van der Waals surface area contributed by atoms with Crippen LogP contribution < -0.4 is 4.18 Å². The van der Waals surface area contributed by atoms with E-state index in [9.17, 15) is 12.6 Å². The molecule has 0 fully saturated rings. The van der Waals surface area contributed by atoms with E-state index in [-0.39, 0.29) is 10.8 Å². The number of halogens is 6. The lowest BCUT2D eigenvalue weighted by Gasteiger charge is -2.14. The van der Waals surface area contributed by atoms with Gasteiger partial charge in [-0.3, -0.25) is 0 Å². The normalized spacial score (nSPS) is 14.9. The van der Waals surface area contributed by atoms with Crippen LogP contribution in [0, 0.1) is 0 Å². The smallest absolute Gasteiger partial charge is 0.246 e. The fourth-order valence-corrected chi connectivity index (χ4v) is 3.96. The van der Waals surface area contributed by atoms with Crippen LogP contribution in [0.2, 0.25) is 0 Å². The number of pyridine rings is 1. The van der Waals surface area contributed by atoms with E-state index >= 15 is 0 Å². The minimum absolute atomic E-state index is 0.148. The number of alkyl halides is 6. The van der Waals surface area contributed by atoms with Crippen molar-refractivity contribution < 1.29 is 16.8 Å². The maximum atomic E-state index is 12.0. The van der Waals surface area contributed by atoms with Crippen LogP contribution >= 0.6 is 95.6 Å². The summed E-state index contributed by atoms with van der Waals surface area (Å²) in [5, 5.41) is -0.191. The highest BCUT2D eigenvalue weighted by Gasteiger charge is 2.38. The Morgan fingerprint density at radius 2 is 1.65 bits per heavy atom. The van der Waals surface area contributed by atoms with E-state index in [0.29, 0.717) is 0 Å². The molecule has 1 rings (SSSR count). The molecule has 0 N–H and O–H groups in total. The zero-order valence-corrected chi connectivity index (χ0v) is 20.0. The Kier molecular flexibility index (Phi) is 7.21. The van der Waals surface area contributed by atoms with Gasteiger partial charge in [0.2, 0.25) is 23.9 Å². The summed E-state index contributed by atoms with van der Waals surface area (Å²) in [7, 11) is -3.77. The van der Waals surface area contributed by atoms with E-state index in [1.165, 1.54) is 12.1 Å². The third-order valence-corrected chi connectivity index (χ3v) is 9.99. The van der Waals surface area contributed by atoms with Gasteiger partial charge < -0.3 is 4.18 Å². The lowest BCUT2D eigenvalue weighted by Crippen LogP contribution is -2.19. The van der Waals surface area contributed by atoms with Gasteiger partial charge in [-0.1, -0.05) is 0 Å². The lowest BCUT2D eigenvalue weighted by molar-refractivity contribution is 0.560. The third kappa shape index (κ3) is 5.24. The molecule has 0 amide bonds. The topological polar surface area (TPSA) is 73.3 Å². The Bertz CT molecular complexity index is 606. The molecule has 20 heavy (non-hydrogen) atoms. The van der Waals surface area contributed by atoms with Crippen LogP contribution in [0.15, 0.2) is 23.4 Å². The number of sulfone groups is 1. The minimum Gasteiger partial charge on any atom is -0.397 e. The second-order valence-electron chi connectivity index (χ2n) is 3.05. The summed E-state index contributed by atoms with van der Waals surface area (Å²) in [6.45, 7) is 0. The number of nitrogens with zero attached hydrogens (tertiary/aromatic N) is 1. The Hall–Kier alpha value is 1.93. The molecule has 1 atom stereocenters. The second-order valence-corrected chi connectivity index (χ2v) is 23.0. The fourth-order valence-electron chi connectivity index (χ4n) is 0.828. The van der Waals surface area contributed by atoms with Crippen LogP contribution in [0.25, 0.3) is 0 Å². The van der Waals surface area contributed by atoms with Crippen molar-refractivity contribution in [2.75, 3.05) is 0 Å². The molecule has 114 valence electrons. The van der Waals surface area contributed by atoms with Crippen molar-refractivity contribution in [1.29, 1.82) is 0 Å². The Balaban J connectivity index is 3.00. The van der Waals surface area contributed by atoms with Crippen molar-refractivity contribution in [2.24, 2.45) is 0 Å². The predicted octanol–water partition coefficient (Wildman–Crippen LogP) is 4.49. The first-order valence-corrected chi connectivity index (χ1v) is 11.6. The van der Waals surface area contributed by atoms with Crippen molar-refractivity contribution in [1.82, 2.24) is 4.98 Å². The summed E-state index contributed by atoms with van der Waals surface area (Å²) >= 11 is 16.1. The lowest BCUT2D eigenvalue weighted by atomic mass is 10.5. The van der Waals surface area contributed by atoms with Crippen LogP contribution in [-0.4, -0.2) is 20.6 Å². The minimum atomic E-state index is -3.77. The van der Waals surface area contributed by atoms with Crippen molar-refractivity contribution >= 4 is 116 Å². The molecule has 1 aromatic rings. The monoisotopic (exact) mass is 702 g/mol. The average Bonchev–Trinajstić information content (AvgIpc) is 2.26. The summed E-state index contributed by atoms with van der Waals surface area (Å²) in [5.41, 5.74) is 0. The summed E-state index contributed by atoms with van der Waals surface area (Å²) < 4.78 is 38.2. The molecular weight excluding hydrogens is 706 g/mol. The first-order valence-electron chi connectivity index (χ1n) is 4.30. The second kappa shape index (κ2) is 7.22. The van der Waals surface area contributed by atoms with Crippen LogP contribution in [0.5, 0.6) is 5.75 Å². The molecule has 0 aliphatic heterocycles. The van der Waals surface area contributed by atoms with Gasteiger partial charge in [-0.15, -0.1) is 0 Å². The van der Waals surface area contributed by atoms with Gasteiger partial charge >= 0.3 is 0 Å². The maximum absolute atomic E-state index is 12.0. The quantitative estimate of drug-likeness (QED) is 0.434. The van der Waals surface area contributed by atoms with Crippen molar-refractivity contribution in [3.05, 3.63) is 18.3 Å². The van der Waals surface area contributed by atoms with Crippen molar-refractivity contribution in [3.8, 4) is 5.75 Å². The summed E-state index contributed by atoms with van der Waals surface area (Å²) in [5.74, 6) is 0.148. The standard InChI is InChI=1S/C7H3Br6NO4S2/c8-6(9,10)19(15)18-4-1-2-5(14-3-4)20(16,17)7(11,12)13/h1-3H. The van der Waals surface area contributed by atoms with Crippen LogP contribution in [0.3, 0.4) is 0 Å². The molecule has 0 aromatic carbocycles. The van der Waals surface area contributed by atoms with Gasteiger partial charge in [0.25, 0.3) is 0 Å². The van der Waals surface area contributed by atoms with E-state index in [4.69, 9.17) is 4.18 Å². The molecule has 0 spiro atoms. The van der Waals surface area contributed by atoms with Gasteiger partial charge in [-0.05, 0) is 108 Å². The van der Waals surface area contributed by atoms with Crippen molar-refractivity contribution in [3.63, 3.8) is 0 Å². The number of hydrogen-bond donors (Lipinski definition) is 0. The van der Waals surface area contributed by atoms with E-state index in [1.807, 2.05) is 0 Å². The summed E-state index contributed by atoms with van der Waals surface area (Å²) in [6.07, 6.45) is 1.16. The van der Waals surface area contributed by atoms with Gasteiger partial charge in [0.1, 0.15) is 0 Å². The molecule has 13 heteroatoms. The molecule has 0 bridgehead atoms. The van der Waals surface area contributed by atoms with E-state index in [1.54, 1.807) is 0 Å². The molecule has 1 unspecified atom stereocenters. The highest BCUT2D eigenvalue weighted by atomic mass is 80.0. The number of rotatable bonds is 3. The summed E-state index contributed by atoms with van der Waals surface area (Å²) in [4.78, 5) is 3.77. The van der Waals surface area contributed by atoms with Gasteiger partial charge in [0.05, 0.1) is 6.20 Å².